The molecule has 6 nitrogen and oxygen atoms in total. The van der Waals surface area contributed by atoms with E-state index in [2.05, 4.69) is 26.6 Å². The molecule has 0 radical (unpaired) electrons. The summed E-state index contributed by atoms with van der Waals surface area (Å²) in [5, 5.41) is 5.67. The maximum Gasteiger partial charge on any atom is 0.339 e. The molecule has 0 fully saturated rings. The lowest BCUT2D eigenvalue weighted by molar-refractivity contribution is -0.129. The quantitative estimate of drug-likeness (QED) is 0.515. The SMILES string of the molecule is COC(=O)c1ccccc1NC(=O)C1CC=CCC1C(=O)Nc1ccc(Br)cc1. The van der Waals surface area contributed by atoms with Gasteiger partial charge in [0, 0.05) is 10.2 Å². The van der Waals surface area contributed by atoms with E-state index in [0.29, 0.717) is 24.2 Å². The van der Waals surface area contributed by atoms with Crippen LogP contribution >= 0.6 is 15.9 Å². The fourth-order valence-corrected chi connectivity index (χ4v) is 3.53. The zero-order valence-electron chi connectivity index (χ0n) is 15.9. The molecule has 2 amide bonds. The maximum absolute atomic E-state index is 13.0. The number of hydrogen-bond acceptors (Lipinski definition) is 4. The minimum Gasteiger partial charge on any atom is -0.465 e. The van der Waals surface area contributed by atoms with E-state index in [1.54, 1.807) is 36.4 Å². The number of anilines is 2. The van der Waals surface area contributed by atoms with Gasteiger partial charge in [-0.05, 0) is 49.2 Å². The first-order valence-corrected chi connectivity index (χ1v) is 9.98. The molecule has 2 unspecified atom stereocenters. The van der Waals surface area contributed by atoms with Crippen LogP contribution in [0.3, 0.4) is 0 Å². The third kappa shape index (κ3) is 5.12. The first kappa shape index (κ1) is 20.8. The van der Waals surface area contributed by atoms with Crippen molar-refractivity contribution in [2.75, 3.05) is 17.7 Å². The van der Waals surface area contributed by atoms with Crippen LogP contribution in [-0.4, -0.2) is 24.9 Å². The minimum atomic E-state index is -0.541. The van der Waals surface area contributed by atoms with Crippen molar-refractivity contribution in [2.45, 2.75) is 12.8 Å². The second-order valence-corrected chi connectivity index (χ2v) is 7.59. The molecule has 7 heteroatoms. The van der Waals surface area contributed by atoms with E-state index in [-0.39, 0.29) is 17.4 Å². The zero-order chi connectivity index (χ0) is 20.8. The summed E-state index contributed by atoms with van der Waals surface area (Å²) in [5.41, 5.74) is 1.31. The van der Waals surface area contributed by atoms with Crippen LogP contribution < -0.4 is 10.6 Å². The van der Waals surface area contributed by atoms with Crippen LogP contribution in [0.25, 0.3) is 0 Å². The lowest BCUT2D eigenvalue weighted by Gasteiger charge is -2.27. The fourth-order valence-electron chi connectivity index (χ4n) is 3.27. The van der Waals surface area contributed by atoms with Gasteiger partial charge in [-0.15, -0.1) is 0 Å². The molecule has 2 aromatic carbocycles. The van der Waals surface area contributed by atoms with Gasteiger partial charge in [-0.3, -0.25) is 9.59 Å². The maximum atomic E-state index is 13.0. The van der Waals surface area contributed by atoms with Crippen LogP contribution in [0.1, 0.15) is 23.2 Å². The van der Waals surface area contributed by atoms with Crippen LogP contribution in [0.15, 0.2) is 65.2 Å². The number of carbonyl (C=O) groups excluding carboxylic acids is 3. The van der Waals surface area contributed by atoms with Crippen molar-refractivity contribution in [3.8, 4) is 0 Å². The average molecular weight is 457 g/mol. The van der Waals surface area contributed by atoms with Gasteiger partial charge in [0.25, 0.3) is 0 Å². The highest BCUT2D eigenvalue weighted by Crippen LogP contribution is 2.29. The number of amides is 2. The van der Waals surface area contributed by atoms with Crippen molar-refractivity contribution < 1.29 is 19.1 Å². The molecule has 2 aromatic rings. The lowest BCUT2D eigenvalue weighted by atomic mass is 9.81. The molecule has 1 aliphatic rings. The van der Waals surface area contributed by atoms with E-state index in [9.17, 15) is 14.4 Å². The smallest absolute Gasteiger partial charge is 0.339 e. The van der Waals surface area contributed by atoms with Crippen molar-refractivity contribution in [1.82, 2.24) is 0 Å². The predicted octanol–water partition coefficient (Wildman–Crippen LogP) is 4.40. The summed E-state index contributed by atoms with van der Waals surface area (Å²) < 4.78 is 5.68. The van der Waals surface area contributed by atoms with Gasteiger partial charge < -0.3 is 15.4 Å². The van der Waals surface area contributed by atoms with Gasteiger partial charge >= 0.3 is 5.97 Å². The molecule has 0 spiro atoms. The Morgan fingerprint density at radius 3 is 2.10 bits per heavy atom. The summed E-state index contributed by atoms with van der Waals surface area (Å²) >= 11 is 3.36. The summed E-state index contributed by atoms with van der Waals surface area (Å²) in [7, 11) is 1.29. The van der Waals surface area contributed by atoms with E-state index in [1.165, 1.54) is 7.11 Å². The van der Waals surface area contributed by atoms with Gasteiger partial charge in [0.2, 0.25) is 11.8 Å². The van der Waals surface area contributed by atoms with E-state index >= 15 is 0 Å². The minimum absolute atomic E-state index is 0.210. The van der Waals surface area contributed by atoms with Crippen molar-refractivity contribution in [3.63, 3.8) is 0 Å². The van der Waals surface area contributed by atoms with Crippen LogP contribution in [0.2, 0.25) is 0 Å². The first-order valence-electron chi connectivity index (χ1n) is 9.19. The highest BCUT2D eigenvalue weighted by molar-refractivity contribution is 9.10. The lowest BCUT2D eigenvalue weighted by Crippen LogP contribution is -2.37. The second kappa shape index (κ2) is 9.52. The van der Waals surface area contributed by atoms with E-state index in [0.717, 1.165) is 4.47 Å². The molecule has 3 rings (SSSR count). The molecule has 2 atom stereocenters. The molecule has 0 saturated heterocycles. The number of carbonyl (C=O) groups is 3. The highest BCUT2D eigenvalue weighted by atomic mass is 79.9. The molecule has 29 heavy (non-hydrogen) atoms. The monoisotopic (exact) mass is 456 g/mol. The summed E-state index contributed by atoms with van der Waals surface area (Å²) in [5.74, 6) is -2.09. The van der Waals surface area contributed by atoms with Crippen LogP contribution in [0, 0.1) is 11.8 Å². The summed E-state index contributed by atoms with van der Waals surface area (Å²) in [6.07, 6.45) is 4.74. The number of hydrogen-bond donors (Lipinski definition) is 2. The van der Waals surface area contributed by atoms with E-state index in [4.69, 9.17) is 4.74 Å². The largest absolute Gasteiger partial charge is 0.465 e. The van der Waals surface area contributed by atoms with Gasteiger partial charge in [0.1, 0.15) is 0 Å². The number of para-hydroxylation sites is 1. The van der Waals surface area contributed by atoms with E-state index < -0.39 is 17.8 Å². The Balaban J connectivity index is 1.75. The van der Waals surface area contributed by atoms with Crippen molar-refractivity contribution >= 4 is 45.1 Å². The molecule has 0 heterocycles. The number of nitrogens with one attached hydrogen (secondary N) is 2. The van der Waals surface area contributed by atoms with Gasteiger partial charge in [0.15, 0.2) is 0 Å². The topological polar surface area (TPSA) is 84.5 Å². The molecule has 0 aliphatic heterocycles. The first-order chi connectivity index (χ1) is 14.0. The Hall–Kier alpha value is -2.93. The third-order valence-corrected chi connectivity index (χ3v) is 5.34. The van der Waals surface area contributed by atoms with Gasteiger partial charge in [0.05, 0.1) is 30.2 Å². The molecular weight excluding hydrogens is 436 g/mol. The third-order valence-electron chi connectivity index (χ3n) is 4.81. The summed E-state index contributed by atoms with van der Waals surface area (Å²) in [4.78, 5) is 37.7. The Kier molecular flexibility index (Phi) is 6.82. The number of halogens is 1. The summed E-state index contributed by atoms with van der Waals surface area (Å²) in [6.45, 7) is 0. The number of ether oxygens (including phenoxy) is 1. The van der Waals surface area contributed by atoms with Crippen LogP contribution in [-0.2, 0) is 14.3 Å². The average Bonchev–Trinajstić information content (AvgIpc) is 2.75. The highest BCUT2D eigenvalue weighted by Gasteiger charge is 2.34. The van der Waals surface area contributed by atoms with E-state index in [1.807, 2.05) is 24.3 Å². The van der Waals surface area contributed by atoms with Gasteiger partial charge in [-0.2, -0.15) is 0 Å². The Bertz CT molecular complexity index is 940. The van der Waals surface area contributed by atoms with Gasteiger partial charge in [-0.25, -0.2) is 4.79 Å². The zero-order valence-corrected chi connectivity index (χ0v) is 17.4. The van der Waals surface area contributed by atoms with Crippen molar-refractivity contribution in [3.05, 3.63) is 70.7 Å². The Morgan fingerprint density at radius 1 is 0.897 bits per heavy atom. The number of rotatable bonds is 5. The number of allylic oxidation sites excluding steroid dienone is 2. The van der Waals surface area contributed by atoms with Gasteiger partial charge in [-0.1, -0.05) is 40.2 Å². The van der Waals surface area contributed by atoms with Crippen LogP contribution in [0.5, 0.6) is 0 Å². The molecule has 0 saturated carbocycles. The van der Waals surface area contributed by atoms with Crippen LogP contribution in [0.4, 0.5) is 11.4 Å². The molecule has 0 bridgehead atoms. The Labute approximate surface area is 177 Å². The normalized spacial score (nSPS) is 18.0. The molecule has 150 valence electrons. The standard InChI is InChI=1S/C22H21BrN2O4/c1-29-22(28)18-8-4-5-9-19(18)25-21(27)17-7-3-2-6-16(17)20(26)24-15-12-10-14(23)11-13-15/h2-5,8-13,16-17H,6-7H2,1H3,(H,24,26)(H,25,27). The van der Waals surface area contributed by atoms with Crippen molar-refractivity contribution in [2.24, 2.45) is 11.8 Å². The molecule has 2 N–H and O–H groups in total. The van der Waals surface area contributed by atoms with Crippen molar-refractivity contribution in [1.29, 1.82) is 0 Å². The number of benzene rings is 2. The number of methoxy groups -OCH3 is 1. The number of esters is 1. The molecular formula is C22H21BrN2O4. The second-order valence-electron chi connectivity index (χ2n) is 6.68. The fraction of sp³-hybridized carbons (Fsp3) is 0.227. The Morgan fingerprint density at radius 2 is 1.48 bits per heavy atom. The predicted molar refractivity (Wildman–Crippen MR) is 115 cm³/mol. The summed E-state index contributed by atoms with van der Waals surface area (Å²) in [6, 6.07) is 13.9. The molecule has 0 aromatic heterocycles. The molecule has 1 aliphatic carbocycles.